The van der Waals surface area contributed by atoms with Crippen molar-refractivity contribution < 1.29 is 50.5 Å². The second kappa shape index (κ2) is 39.3. The summed E-state index contributed by atoms with van der Waals surface area (Å²) in [4.78, 5) is 66.3. The van der Waals surface area contributed by atoms with Crippen LogP contribution in [-0.4, -0.2) is 148 Å². The number of nitrogens with one attached hydrogen (secondary N) is 7. The average Bonchev–Trinajstić information content (AvgIpc) is 1.25. The Morgan fingerprint density at radius 2 is 0.802 bits per heavy atom. The fourth-order valence-electron chi connectivity index (χ4n) is 12.3. The monoisotopic (exact) mass is 1450 g/mol. The molecule has 6 aromatic carbocycles. The van der Waals surface area contributed by atoms with Gasteiger partial charge in [-0.1, -0.05) is 74.3 Å². The molecule has 9 aromatic rings. The number of ether oxygens (including phenoxy) is 3. The minimum atomic E-state index is -0.718. The molecule has 0 unspecified atom stereocenters. The normalized spacial score (nSPS) is 15.5. The van der Waals surface area contributed by atoms with Crippen molar-refractivity contribution in [1.29, 1.82) is 0 Å². The molecule has 6 heterocycles. The molecular formula is C79H85F5N16O6. The van der Waals surface area contributed by atoms with E-state index in [9.17, 15) is 36.3 Å². The Hall–Kier alpha value is -11.7. The third-order valence-corrected chi connectivity index (χ3v) is 17.5. The number of halogens is 5. The van der Waals surface area contributed by atoms with Gasteiger partial charge in [-0.2, -0.15) is 23.7 Å². The number of anilines is 11. The minimum Gasteiger partial charge on any atom is -0.491 e. The van der Waals surface area contributed by atoms with E-state index >= 15 is 0 Å². The summed E-state index contributed by atoms with van der Waals surface area (Å²) in [7, 11) is 1.55. The van der Waals surface area contributed by atoms with Gasteiger partial charge in [-0.3, -0.25) is 14.4 Å². The molecule has 0 bridgehead atoms. The van der Waals surface area contributed by atoms with Crippen molar-refractivity contribution in [2.45, 2.75) is 38.5 Å². The summed E-state index contributed by atoms with van der Waals surface area (Å²) in [5.74, 6) is 1.04. The Morgan fingerprint density at radius 1 is 0.453 bits per heavy atom. The van der Waals surface area contributed by atoms with Gasteiger partial charge in [0.25, 0.3) is 11.8 Å². The molecule has 106 heavy (non-hydrogen) atoms. The van der Waals surface area contributed by atoms with E-state index in [0.29, 0.717) is 83.5 Å². The highest BCUT2D eigenvalue weighted by Crippen LogP contribution is 2.33. The predicted octanol–water partition coefficient (Wildman–Crippen LogP) is 15.2. The van der Waals surface area contributed by atoms with Crippen molar-refractivity contribution in [3.8, 4) is 29.0 Å². The van der Waals surface area contributed by atoms with E-state index in [-0.39, 0.29) is 61.4 Å². The highest BCUT2D eigenvalue weighted by molar-refractivity contribution is 6.00. The fourth-order valence-corrected chi connectivity index (χ4v) is 12.3. The van der Waals surface area contributed by atoms with E-state index in [1.54, 1.807) is 74.0 Å². The molecule has 552 valence electrons. The van der Waals surface area contributed by atoms with Crippen LogP contribution in [0.15, 0.2) is 202 Å². The van der Waals surface area contributed by atoms with Gasteiger partial charge in [-0.05, 0) is 190 Å². The largest absolute Gasteiger partial charge is 0.491 e. The van der Waals surface area contributed by atoms with Crippen molar-refractivity contribution in [3.63, 3.8) is 0 Å². The van der Waals surface area contributed by atoms with Crippen LogP contribution in [0.25, 0.3) is 0 Å². The Labute approximate surface area is 612 Å². The maximum Gasteiger partial charge on any atom is 0.260 e. The number of aromatic nitrogens is 6. The maximum absolute atomic E-state index is 14.3. The fraction of sp³-hybridized carbons (Fsp3) is 0.278. The topological polar surface area (TPSA) is 250 Å². The highest BCUT2D eigenvalue weighted by Gasteiger charge is 2.25. The number of methoxy groups -OCH3 is 1. The first kappa shape index (κ1) is 76.9. The number of rotatable bonds is 31. The van der Waals surface area contributed by atoms with Gasteiger partial charge in [0.2, 0.25) is 47.2 Å². The molecule has 3 saturated heterocycles. The van der Waals surface area contributed by atoms with E-state index < -0.39 is 11.6 Å². The van der Waals surface area contributed by atoms with Gasteiger partial charge in [0, 0.05) is 91.2 Å². The molecule has 3 aliphatic rings. The summed E-state index contributed by atoms with van der Waals surface area (Å²) in [6, 6.07) is 44.3. The number of nitrogens with zero attached hydrogens (tertiary/aromatic N) is 9. The van der Waals surface area contributed by atoms with E-state index in [1.165, 1.54) is 22.8 Å². The molecule has 12 rings (SSSR count). The lowest BCUT2D eigenvalue weighted by Gasteiger charge is -2.14. The molecule has 3 aromatic heterocycles. The van der Waals surface area contributed by atoms with Crippen LogP contribution < -0.4 is 51.4 Å². The summed E-state index contributed by atoms with van der Waals surface area (Å²) in [6.07, 6.45) is 13.3. The third kappa shape index (κ3) is 23.9. The minimum absolute atomic E-state index is 0.183. The summed E-state index contributed by atoms with van der Waals surface area (Å²) >= 11 is 0. The van der Waals surface area contributed by atoms with Gasteiger partial charge in [0.05, 0.1) is 25.7 Å². The molecule has 22 nitrogen and oxygen atoms in total. The Kier molecular flexibility index (Phi) is 28.5. The first-order valence-electron chi connectivity index (χ1n) is 34.7. The Balaban J connectivity index is 0.000000170. The van der Waals surface area contributed by atoms with Crippen molar-refractivity contribution in [3.05, 3.63) is 230 Å². The summed E-state index contributed by atoms with van der Waals surface area (Å²) < 4.78 is 82.9. The molecule has 0 saturated carbocycles. The van der Waals surface area contributed by atoms with Crippen molar-refractivity contribution in [1.82, 2.24) is 44.6 Å². The quantitative estimate of drug-likeness (QED) is 0.0158. The van der Waals surface area contributed by atoms with E-state index in [0.717, 1.165) is 125 Å². The summed E-state index contributed by atoms with van der Waals surface area (Å²) in [5, 5.41) is 20.5. The maximum atomic E-state index is 14.3. The van der Waals surface area contributed by atoms with Crippen LogP contribution in [0, 0.1) is 29.4 Å². The summed E-state index contributed by atoms with van der Waals surface area (Å²) in [6.45, 7) is 16.7. The van der Waals surface area contributed by atoms with Crippen molar-refractivity contribution in [2.75, 3.05) is 123 Å². The lowest BCUT2D eigenvalue weighted by molar-refractivity contribution is -0.112. The molecule has 27 heteroatoms. The van der Waals surface area contributed by atoms with Crippen LogP contribution in [0.3, 0.4) is 0 Å². The Bertz CT molecular complexity index is 4230. The van der Waals surface area contributed by atoms with Crippen LogP contribution in [0.4, 0.5) is 85.4 Å². The molecule has 3 aliphatic heterocycles. The average molecular weight is 1450 g/mol. The molecular weight excluding hydrogens is 1360 g/mol. The van der Waals surface area contributed by atoms with Gasteiger partial charge in [0.15, 0.2) is 11.6 Å². The zero-order valence-electron chi connectivity index (χ0n) is 58.8. The number of carbonyl (C=O) groups excluding carboxylic acids is 3. The van der Waals surface area contributed by atoms with Crippen molar-refractivity contribution in [2.24, 2.45) is 17.8 Å². The van der Waals surface area contributed by atoms with Gasteiger partial charge < -0.3 is 66.1 Å². The predicted molar refractivity (Wildman–Crippen MR) is 404 cm³/mol. The van der Waals surface area contributed by atoms with Crippen LogP contribution in [-0.2, 0) is 33.6 Å². The number of likely N-dealkylation sites (tertiary alicyclic amines) is 3. The third-order valence-electron chi connectivity index (χ3n) is 17.5. The van der Waals surface area contributed by atoms with Gasteiger partial charge in [-0.25, -0.2) is 28.1 Å². The van der Waals surface area contributed by atoms with E-state index in [4.69, 9.17) is 14.2 Å². The van der Waals surface area contributed by atoms with E-state index in [2.05, 4.69) is 114 Å². The first-order valence-corrected chi connectivity index (χ1v) is 34.7. The number of amides is 3. The summed E-state index contributed by atoms with van der Waals surface area (Å²) in [5.41, 5.74) is 8.36. The lowest BCUT2D eigenvalue weighted by atomic mass is 9.98. The highest BCUT2D eigenvalue weighted by atomic mass is 19.1. The molecule has 3 atom stereocenters. The molecule has 0 aliphatic carbocycles. The van der Waals surface area contributed by atoms with Crippen molar-refractivity contribution >= 4 is 81.2 Å². The van der Waals surface area contributed by atoms with E-state index in [1.807, 2.05) is 72.8 Å². The standard InChI is InChI=1S/C27H31FN6O2.2C26H27F2N5O2/c1-3-25(35)30-22-5-4-6-23(16-22)31-26-24(36-2)17-29-27(33-26)32-21-9-7-19(8-10-21)15-20-11-13-34(18-20)14-12-28;2*1-2-24(34)30-21-4-3-5-22(15-21)35-25-23(28)16-29-26(32-25)31-20-8-6-18(7-9-20)14-19-10-12-33(17-19)13-11-27/h3-10,16-17,20H,1,11-15,18H2,2H3,(H,30,35)(H2,29,31,32,33);2*2-9,15-16,19H,1,10-14,17H2,(H,30,34)(H,29,31,32)/t20-;2*19-/m010/s1. The second-order valence-corrected chi connectivity index (χ2v) is 25.4. The lowest BCUT2D eigenvalue weighted by Crippen LogP contribution is -2.23. The zero-order chi connectivity index (χ0) is 74.6. The molecule has 3 amide bonds. The molecule has 0 radical (unpaired) electrons. The SMILES string of the molecule is C=CC(=O)Nc1cccc(Nc2nc(Nc3ccc(C[C@@H]4CCN(CCF)C4)cc3)ncc2OC)c1.C=CC(=O)Nc1cccc(Oc2nc(Nc3ccc(C[C@@H]4CCN(CCF)C4)cc3)ncc2F)c1.C=CC(=O)Nc1cccc(Oc2nc(Nc3ccc(C[C@H]4CCN(CCF)C4)cc3)ncc2F)c1. The smallest absolute Gasteiger partial charge is 0.260 e. The number of hydrogen-bond donors (Lipinski definition) is 7. The number of carbonyl (C=O) groups is 3. The van der Waals surface area contributed by atoms with Gasteiger partial charge >= 0.3 is 0 Å². The number of hydrogen-bond acceptors (Lipinski definition) is 19. The van der Waals surface area contributed by atoms with Crippen LogP contribution in [0.1, 0.15) is 36.0 Å². The number of benzene rings is 6. The number of alkyl halides is 3. The van der Waals surface area contributed by atoms with Crippen LogP contribution in [0.5, 0.6) is 29.0 Å². The zero-order valence-corrected chi connectivity index (χ0v) is 58.8. The first-order chi connectivity index (χ1) is 51.6. The second-order valence-electron chi connectivity index (χ2n) is 25.4. The van der Waals surface area contributed by atoms with Crippen LogP contribution >= 0.6 is 0 Å². The molecule has 3 fully saturated rings. The van der Waals surface area contributed by atoms with Gasteiger partial charge in [-0.15, -0.1) is 0 Å². The molecule has 0 spiro atoms. The Morgan fingerprint density at radius 3 is 1.17 bits per heavy atom. The van der Waals surface area contributed by atoms with Crippen LogP contribution in [0.2, 0.25) is 0 Å². The van der Waals surface area contributed by atoms with Gasteiger partial charge in [0.1, 0.15) is 31.5 Å². The molecule has 7 N–H and O–H groups in total.